The van der Waals surface area contributed by atoms with Crippen molar-refractivity contribution in [1.29, 1.82) is 0 Å². The lowest BCUT2D eigenvalue weighted by molar-refractivity contribution is 0.0628. The smallest absolute Gasteiger partial charge is 0.254 e. The molecule has 0 N–H and O–H groups in total. The summed E-state index contributed by atoms with van der Waals surface area (Å²) in [5.74, 6) is 0.0999. The fourth-order valence-electron chi connectivity index (χ4n) is 4.65. The van der Waals surface area contributed by atoms with Crippen LogP contribution in [0.1, 0.15) is 23.2 Å². The van der Waals surface area contributed by atoms with E-state index >= 15 is 0 Å². The molecule has 6 nitrogen and oxygen atoms in total. The van der Waals surface area contributed by atoms with Crippen molar-refractivity contribution < 1.29 is 4.79 Å². The van der Waals surface area contributed by atoms with Crippen molar-refractivity contribution in [3.8, 4) is 11.3 Å². The molecule has 0 spiro atoms. The molecule has 31 heavy (non-hydrogen) atoms. The van der Waals surface area contributed by atoms with Crippen LogP contribution in [-0.2, 0) is 0 Å². The summed E-state index contributed by atoms with van der Waals surface area (Å²) >= 11 is 0. The Morgan fingerprint density at radius 3 is 2.35 bits per heavy atom. The minimum absolute atomic E-state index is 0.0999. The van der Waals surface area contributed by atoms with Gasteiger partial charge in [0.2, 0.25) is 0 Å². The number of pyridine rings is 2. The van der Waals surface area contributed by atoms with Gasteiger partial charge < -0.3 is 9.80 Å². The second-order valence-electron chi connectivity index (χ2n) is 8.50. The van der Waals surface area contributed by atoms with Gasteiger partial charge in [-0.3, -0.25) is 14.7 Å². The Morgan fingerprint density at radius 2 is 1.61 bits per heavy atom. The third-order valence-corrected chi connectivity index (χ3v) is 6.49. The first-order valence-corrected chi connectivity index (χ1v) is 11.3. The Balaban J connectivity index is 1.32. The first kappa shape index (κ1) is 20.1. The third kappa shape index (κ3) is 4.45. The van der Waals surface area contributed by atoms with Gasteiger partial charge in [-0.05, 0) is 50.2 Å². The van der Waals surface area contributed by atoms with Gasteiger partial charge in [-0.1, -0.05) is 18.2 Å². The lowest BCUT2D eigenvalue weighted by Gasteiger charge is -2.35. The minimum Gasteiger partial charge on any atom is -0.336 e. The summed E-state index contributed by atoms with van der Waals surface area (Å²) in [6.45, 7) is 8.17. The number of carbonyl (C=O) groups is 1. The number of hydrogen-bond donors (Lipinski definition) is 0. The molecule has 0 aliphatic carbocycles. The number of nitrogens with zero attached hydrogens (tertiary/aromatic N) is 5. The molecule has 3 aromatic rings. The molecule has 2 aromatic heterocycles. The van der Waals surface area contributed by atoms with Crippen LogP contribution < -0.4 is 0 Å². The first-order chi connectivity index (χ1) is 15.3. The lowest BCUT2D eigenvalue weighted by Crippen LogP contribution is -2.50. The summed E-state index contributed by atoms with van der Waals surface area (Å²) in [5, 5.41) is 0.914. The fourth-order valence-corrected chi connectivity index (χ4v) is 4.65. The maximum Gasteiger partial charge on any atom is 0.254 e. The average Bonchev–Trinajstić information content (AvgIpc) is 3.36. The van der Waals surface area contributed by atoms with E-state index in [0.717, 1.165) is 67.0 Å². The maximum absolute atomic E-state index is 13.5. The Hall–Kier alpha value is -2.83. The number of hydrogen-bond acceptors (Lipinski definition) is 5. The fraction of sp³-hybridized carbons (Fsp3) is 0.400. The number of rotatable bonds is 5. The van der Waals surface area contributed by atoms with Gasteiger partial charge >= 0.3 is 0 Å². The number of aromatic nitrogens is 2. The normalized spacial score (nSPS) is 18.0. The molecule has 6 heteroatoms. The highest BCUT2D eigenvalue weighted by atomic mass is 16.2. The van der Waals surface area contributed by atoms with Crippen LogP contribution in [0.15, 0.2) is 54.9 Å². The zero-order chi connectivity index (χ0) is 21.0. The molecule has 0 bridgehead atoms. The van der Waals surface area contributed by atoms with Gasteiger partial charge in [0, 0.05) is 62.6 Å². The molecule has 5 rings (SSSR count). The summed E-state index contributed by atoms with van der Waals surface area (Å²) in [6.07, 6.45) is 6.22. The van der Waals surface area contributed by atoms with Crippen LogP contribution in [0.3, 0.4) is 0 Å². The molecule has 0 atom stereocenters. The topological polar surface area (TPSA) is 52.6 Å². The Morgan fingerprint density at radius 1 is 0.871 bits per heavy atom. The van der Waals surface area contributed by atoms with Gasteiger partial charge in [-0.15, -0.1) is 0 Å². The van der Waals surface area contributed by atoms with E-state index in [1.807, 2.05) is 47.4 Å². The molecule has 2 aliphatic heterocycles. The van der Waals surface area contributed by atoms with Crippen molar-refractivity contribution in [3.63, 3.8) is 0 Å². The average molecular weight is 416 g/mol. The quantitative estimate of drug-likeness (QED) is 0.641. The second kappa shape index (κ2) is 9.12. The van der Waals surface area contributed by atoms with Gasteiger partial charge in [0.05, 0.1) is 16.8 Å². The highest BCUT2D eigenvalue weighted by Crippen LogP contribution is 2.25. The first-order valence-electron chi connectivity index (χ1n) is 11.3. The molecule has 4 heterocycles. The van der Waals surface area contributed by atoms with Crippen LogP contribution in [0.2, 0.25) is 0 Å². The zero-order valence-corrected chi connectivity index (χ0v) is 17.9. The minimum atomic E-state index is 0.0999. The second-order valence-corrected chi connectivity index (χ2v) is 8.50. The molecule has 0 unspecified atom stereocenters. The van der Waals surface area contributed by atoms with Crippen molar-refractivity contribution >= 4 is 16.8 Å². The van der Waals surface area contributed by atoms with E-state index in [-0.39, 0.29) is 5.91 Å². The summed E-state index contributed by atoms with van der Waals surface area (Å²) in [7, 11) is 0. The summed E-state index contributed by atoms with van der Waals surface area (Å²) in [6, 6.07) is 13.7. The predicted molar refractivity (Wildman–Crippen MR) is 123 cm³/mol. The third-order valence-electron chi connectivity index (χ3n) is 6.49. The summed E-state index contributed by atoms with van der Waals surface area (Å²) < 4.78 is 0. The number of likely N-dealkylation sites (tertiary alicyclic amines) is 1. The highest BCUT2D eigenvalue weighted by Gasteiger charge is 2.24. The number of amides is 1. The van der Waals surface area contributed by atoms with Gasteiger partial charge in [0.15, 0.2) is 0 Å². The molecule has 2 aliphatic rings. The highest BCUT2D eigenvalue weighted by molar-refractivity contribution is 6.07. The molecule has 160 valence electrons. The molecule has 2 saturated heterocycles. The van der Waals surface area contributed by atoms with E-state index in [4.69, 9.17) is 4.98 Å². The van der Waals surface area contributed by atoms with Gasteiger partial charge in [-0.2, -0.15) is 0 Å². The molecule has 1 amide bonds. The van der Waals surface area contributed by atoms with Crippen molar-refractivity contribution in [2.24, 2.45) is 0 Å². The molecular weight excluding hydrogens is 386 g/mol. The molecule has 2 fully saturated rings. The van der Waals surface area contributed by atoms with E-state index in [1.165, 1.54) is 25.9 Å². The predicted octanol–water partition coefficient (Wildman–Crippen LogP) is 3.15. The van der Waals surface area contributed by atoms with Crippen molar-refractivity contribution in [3.05, 3.63) is 60.4 Å². The Bertz CT molecular complexity index is 1040. The molecule has 0 saturated carbocycles. The van der Waals surface area contributed by atoms with Crippen LogP contribution in [0.25, 0.3) is 22.2 Å². The van der Waals surface area contributed by atoms with Gasteiger partial charge in [0.25, 0.3) is 5.91 Å². The number of fused-ring (bicyclic) bond motifs is 1. The van der Waals surface area contributed by atoms with Crippen LogP contribution in [-0.4, -0.2) is 82.9 Å². The van der Waals surface area contributed by atoms with E-state index in [0.29, 0.717) is 0 Å². The van der Waals surface area contributed by atoms with Crippen LogP contribution in [0, 0.1) is 0 Å². The standard InChI is InChI=1S/C25H29N5O/c31-25(30-16-14-29(15-17-30)13-12-28-10-3-4-11-28)22-18-24(20-6-5-9-26-19-20)27-23-8-2-1-7-21(22)23/h1-2,5-9,18-19H,3-4,10-17H2. The molecule has 0 radical (unpaired) electrons. The number of para-hydroxylation sites is 1. The van der Waals surface area contributed by atoms with E-state index < -0.39 is 0 Å². The van der Waals surface area contributed by atoms with Crippen molar-refractivity contribution in [1.82, 2.24) is 24.7 Å². The van der Waals surface area contributed by atoms with Crippen LogP contribution in [0.4, 0.5) is 0 Å². The zero-order valence-electron chi connectivity index (χ0n) is 17.9. The van der Waals surface area contributed by atoms with E-state index in [1.54, 1.807) is 12.4 Å². The maximum atomic E-state index is 13.5. The van der Waals surface area contributed by atoms with Crippen LogP contribution >= 0.6 is 0 Å². The molecular formula is C25H29N5O. The SMILES string of the molecule is O=C(c1cc(-c2cccnc2)nc2ccccc12)N1CCN(CCN2CCCC2)CC1. The van der Waals surface area contributed by atoms with Crippen LogP contribution in [0.5, 0.6) is 0 Å². The summed E-state index contributed by atoms with van der Waals surface area (Å²) in [4.78, 5) is 29.6. The van der Waals surface area contributed by atoms with Gasteiger partial charge in [0.1, 0.15) is 0 Å². The number of carbonyl (C=O) groups excluding carboxylic acids is 1. The van der Waals surface area contributed by atoms with Crippen molar-refractivity contribution in [2.75, 3.05) is 52.4 Å². The Labute approximate surface area is 183 Å². The lowest BCUT2D eigenvalue weighted by atomic mass is 10.0. The number of benzene rings is 1. The number of piperazine rings is 1. The summed E-state index contributed by atoms with van der Waals surface area (Å²) in [5.41, 5.74) is 3.29. The largest absolute Gasteiger partial charge is 0.336 e. The van der Waals surface area contributed by atoms with E-state index in [2.05, 4.69) is 14.8 Å². The van der Waals surface area contributed by atoms with Gasteiger partial charge in [-0.25, -0.2) is 4.98 Å². The van der Waals surface area contributed by atoms with E-state index in [9.17, 15) is 4.79 Å². The Kier molecular flexibility index (Phi) is 5.91. The molecule has 1 aromatic carbocycles. The van der Waals surface area contributed by atoms with Crippen molar-refractivity contribution in [2.45, 2.75) is 12.8 Å². The monoisotopic (exact) mass is 415 g/mol.